The lowest BCUT2D eigenvalue weighted by molar-refractivity contribution is -0.153. The molecule has 1 fully saturated rings. The first-order chi connectivity index (χ1) is 19.9. The molecular weight excluding hydrogens is 538 g/mol. The molecule has 1 saturated heterocycles. The number of esters is 1. The second kappa shape index (κ2) is 14.0. The average Bonchev–Trinajstić information content (AvgIpc) is 3.42. The zero-order valence-corrected chi connectivity index (χ0v) is 23.9. The van der Waals surface area contributed by atoms with Gasteiger partial charge in [-0.15, -0.1) is 11.8 Å². The second-order valence-corrected chi connectivity index (χ2v) is 11.3. The molecule has 4 rings (SSSR count). The third kappa shape index (κ3) is 6.82. The SMILES string of the molecule is C=CCOC(=O)N1C[C@@H](SC(c2ccccc2)(c2ccccc2)c2ccccc2)C[C@H]1C(CC(=O)OCC)C(=O)O. The summed E-state index contributed by atoms with van der Waals surface area (Å²) >= 11 is 1.69. The smallest absolute Gasteiger partial charge is 0.410 e. The Labute approximate surface area is 245 Å². The Bertz CT molecular complexity index is 1220. The summed E-state index contributed by atoms with van der Waals surface area (Å²) in [6, 6.07) is 29.8. The van der Waals surface area contributed by atoms with E-state index in [0.717, 1.165) is 16.7 Å². The van der Waals surface area contributed by atoms with E-state index < -0.39 is 34.7 Å². The number of carbonyl (C=O) groups excluding carboxylic acids is 2. The molecule has 3 aromatic carbocycles. The van der Waals surface area contributed by atoms with Crippen LogP contribution in [0.2, 0.25) is 0 Å². The van der Waals surface area contributed by atoms with Crippen molar-refractivity contribution >= 4 is 29.8 Å². The number of thioether (sulfide) groups is 1. The molecule has 3 atom stereocenters. The number of benzene rings is 3. The quantitative estimate of drug-likeness (QED) is 0.158. The topological polar surface area (TPSA) is 93.1 Å². The van der Waals surface area contributed by atoms with Crippen molar-refractivity contribution in [2.75, 3.05) is 19.8 Å². The van der Waals surface area contributed by atoms with Crippen LogP contribution < -0.4 is 0 Å². The van der Waals surface area contributed by atoms with Crippen molar-refractivity contribution in [2.45, 2.75) is 35.8 Å². The van der Waals surface area contributed by atoms with E-state index in [2.05, 4.69) is 43.0 Å². The standard InChI is InChI=1S/C33H35NO6S/c1-3-20-40-32(38)34-23-27(21-29(34)28(31(36)37)22-30(35)39-4-2)41-33(24-14-8-5-9-15-24,25-16-10-6-11-17-25)26-18-12-7-13-19-26/h3,5-19,27-29H,1,4,20-23H2,2H3,(H,36,37)/t27-,28?,29-/m0/s1. The molecule has 1 amide bonds. The fourth-order valence-corrected chi connectivity index (χ4v) is 7.32. The van der Waals surface area contributed by atoms with Crippen LogP contribution in [0.5, 0.6) is 0 Å². The van der Waals surface area contributed by atoms with Crippen molar-refractivity contribution < 1.29 is 29.0 Å². The summed E-state index contributed by atoms with van der Waals surface area (Å²) in [7, 11) is 0. The number of nitrogens with zero attached hydrogens (tertiary/aromatic N) is 1. The summed E-state index contributed by atoms with van der Waals surface area (Å²) in [4.78, 5) is 39.5. The Hall–Kier alpha value is -4.04. The number of aliphatic carboxylic acids is 1. The van der Waals surface area contributed by atoms with Gasteiger partial charge in [-0.1, -0.05) is 104 Å². The summed E-state index contributed by atoms with van der Waals surface area (Å²) in [5.41, 5.74) is 3.19. The largest absolute Gasteiger partial charge is 0.481 e. The van der Waals surface area contributed by atoms with E-state index >= 15 is 0 Å². The lowest BCUT2D eigenvalue weighted by Crippen LogP contribution is -2.44. The van der Waals surface area contributed by atoms with Crippen LogP contribution in [0.25, 0.3) is 0 Å². The maximum absolute atomic E-state index is 13.2. The normalized spacial score (nSPS) is 17.4. The lowest BCUT2D eigenvalue weighted by Gasteiger charge is -2.37. The first-order valence-corrected chi connectivity index (χ1v) is 14.6. The van der Waals surface area contributed by atoms with Crippen LogP contribution in [0, 0.1) is 5.92 Å². The van der Waals surface area contributed by atoms with Crippen molar-refractivity contribution in [3.05, 3.63) is 120 Å². The van der Waals surface area contributed by atoms with E-state index in [1.165, 1.54) is 11.0 Å². The molecule has 1 unspecified atom stereocenters. The lowest BCUT2D eigenvalue weighted by atomic mass is 9.84. The Balaban J connectivity index is 1.78. The molecule has 1 heterocycles. The molecule has 1 N–H and O–H groups in total. The molecular formula is C33H35NO6S. The van der Waals surface area contributed by atoms with Crippen LogP contribution in [-0.4, -0.2) is 59.1 Å². The number of likely N-dealkylation sites (tertiary alicyclic amines) is 1. The number of carboxylic acids is 1. The van der Waals surface area contributed by atoms with Gasteiger partial charge in [0, 0.05) is 11.8 Å². The van der Waals surface area contributed by atoms with Gasteiger partial charge in [0.2, 0.25) is 0 Å². The van der Waals surface area contributed by atoms with Crippen LogP contribution in [0.1, 0.15) is 36.5 Å². The van der Waals surface area contributed by atoms with Crippen molar-refractivity contribution in [1.29, 1.82) is 0 Å². The van der Waals surface area contributed by atoms with E-state index in [0.29, 0.717) is 6.42 Å². The van der Waals surface area contributed by atoms with Crippen LogP contribution in [-0.2, 0) is 23.8 Å². The Morgan fingerprint density at radius 2 is 1.46 bits per heavy atom. The van der Waals surface area contributed by atoms with E-state index in [1.54, 1.807) is 18.7 Å². The van der Waals surface area contributed by atoms with Gasteiger partial charge < -0.3 is 19.5 Å². The number of rotatable bonds is 12. The molecule has 41 heavy (non-hydrogen) atoms. The minimum atomic E-state index is -1.16. The maximum Gasteiger partial charge on any atom is 0.410 e. The van der Waals surface area contributed by atoms with Gasteiger partial charge in [0.15, 0.2) is 0 Å². The van der Waals surface area contributed by atoms with Crippen molar-refractivity contribution in [3.63, 3.8) is 0 Å². The van der Waals surface area contributed by atoms with Gasteiger partial charge in [-0.2, -0.15) is 0 Å². The molecule has 0 aromatic heterocycles. The van der Waals surface area contributed by atoms with Gasteiger partial charge in [-0.3, -0.25) is 9.59 Å². The minimum Gasteiger partial charge on any atom is -0.481 e. The predicted molar refractivity (Wildman–Crippen MR) is 160 cm³/mol. The van der Waals surface area contributed by atoms with Gasteiger partial charge in [0.1, 0.15) is 6.61 Å². The Kier molecular flexibility index (Phi) is 10.2. The molecule has 0 saturated carbocycles. The number of amides is 1. The Morgan fingerprint density at radius 3 is 1.90 bits per heavy atom. The summed E-state index contributed by atoms with van der Waals surface area (Å²) in [5, 5.41) is 9.99. The van der Waals surface area contributed by atoms with E-state index in [-0.39, 0.29) is 31.4 Å². The first kappa shape index (κ1) is 29.9. The molecule has 0 spiro atoms. The zero-order chi connectivity index (χ0) is 29.2. The summed E-state index contributed by atoms with van der Waals surface area (Å²) in [6.07, 6.45) is 0.863. The molecule has 214 valence electrons. The van der Waals surface area contributed by atoms with E-state index in [1.807, 2.05) is 54.6 Å². The van der Waals surface area contributed by atoms with Crippen LogP contribution in [0.3, 0.4) is 0 Å². The minimum absolute atomic E-state index is 0.00252. The van der Waals surface area contributed by atoms with Crippen molar-refractivity contribution in [2.24, 2.45) is 5.92 Å². The third-order valence-corrected chi connectivity index (χ3v) is 8.96. The fourth-order valence-electron chi connectivity index (χ4n) is 5.48. The predicted octanol–water partition coefficient (Wildman–Crippen LogP) is 6.13. The first-order valence-electron chi connectivity index (χ1n) is 13.7. The average molecular weight is 574 g/mol. The van der Waals surface area contributed by atoms with Gasteiger partial charge >= 0.3 is 18.0 Å². The summed E-state index contributed by atoms with van der Waals surface area (Å²) in [6.45, 7) is 5.68. The van der Waals surface area contributed by atoms with E-state index in [9.17, 15) is 19.5 Å². The number of hydrogen-bond donors (Lipinski definition) is 1. The van der Waals surface area contributed by atoms with Crippen molar-refractivity contribution in [1.82, 2.24) is 4.90 Å². The fraction of sp³-hybridized carbons (Fsp3) is 0.303. The molecule has 0 radical (unpaired) electrons. The molecule has 3 aromatic rings. The third-order valence-electron chi connectivity index (χ3n) is 7.22. The zero-order valence-electron chi connectivity index (χ0n) is 23.1. The van der Waals surface area contributed by atoms with Crippen molar-refractivity contribution in [3.8, 4) is 0 Å². The van der Waals surface area contributed by atoms with Gasteiger partial charge in [-0.25, -0.2) is 4.79 Å². The van der Waals surface area contributed by atoms with Crippen LogP contribution in [0.15, 0.2) is 104 Å². The molecule has 0 aliphatic carbocycles. The van der Waals surface area contributed by atoms with Gasteiger partial charge in [0.25, 0.3) is 0 Å². The van der Waals surface area contributed by atoms with Gasteiger partial charge in [-0.05, 0) is 30.0 Å². The van der Waals surface area contributed by atoms with Gasteiger partial charge in [0.05, 0.1) is 29.7 Å². The molecule has 1 aliphatic rings. The number of carbonyl (C=O) groups is 3. The van der Waals surface area contributed by atoms with Crippen LogP contribution >= 0.6 is 11.8 Å². The molecule has 0 bridgehead atoms. The highest BCUT2D eigenvalue weighted by Gasteiger charge is 2.48. The second-order valence-electron chi connectivity index (χ2n) is 9.79. The maximum atomic E-state index is 13.2. The Morgan fingerprint density at radius 1 is 0.951 bits per heavy atom. The monoisotopic (exact) mass is 573 g/mol. The number of carboxylic acid groups (broad SMARTS) is 1. The van der Waals surface area contributed by atoms with Crippen LogP contribution in [0.4, 0.5) is 4.79 Å². The van der Waals surface area contributed by atoms with E-state index in [4.69, 9.17) is 9.47 Å². The number of hydrogen-bond acceptors (Lipinski definition) is 6. The number of ether oxygens (including phenoxy) is 2. The molecule has 1 aliphatic heterocycles. The highest BCUT2D eigenvalue weighted by atomic mass is 32.2. The highest BCUT2D eigenvalue weighted by molar-refractivity contribution is 8.01. The molecule has 7 nitrogen and oxygen atoms in total. The summed E-state index contributed by atoms with van der Waals surface area (Å²) < 4.78 is 9.79. The summed E-state index contributed by atoms with van der Waals surface area (Å²) in [5.74, 6) is -2.91. The highest BCUT2D eigenvalue weighted by Crippen LogP contribution is 2.52. The molecule has 8 heteroatoms.